The van der Waals surface area contributed by atoms with E-state index in [1.807, 2.05) is 0 Å². The van der Waals surface area contributed by atoms with Crippen LogP contribution in [0.3, 0.4) is 0 Å². The van der Waals surface area contributed by atoms with E-state index in [1.54, 1.807) is 0 Å². The van der Waals surface area contributed by atoms with Crippen molar-refractivity contribution in [1.29, 1.82) is 0 Å². The highest BCUT2D eigenvalue weighted by Crippen LogP contribution is 2.41. The number of hydrogen-bond acceptors (Lipinski definition) is 0. The molecular weight excluding hydrogens is 348 g/mol. The average Bonchev–Trinajstić information content (AvgIpc) is 3.04. The normalized spacial score (nSPS) is 12.0. The Kier molecular flexibility index (Phi) is 4.17. The summed E-state index contributed by atoms with van der Waals surface area (Å²) in [6.45, 7) is 8.78. The Hall–Kier alpha value is -3.12. The summed E-state index contributed by atoms with van der Waals surface area (Å²) in [5, 5.41) is 0. The van der Waals surface area contributed by atoms with Crippen molar-refractivity contribution in [3.8, 4) is 33.4 Å². The largest absolute Gasteiger partial charge is 0.0617 e. The van der Waals surface area contributed by atoms with Gasteiger partial charge in [0.25, 0.3) is 0 Å². The first-order valence-corrected chi connectivity index (χ1v) is 10.4. The first kappa shape index (κ1) is 17.9. The van der Waals surface area contributed by atoms with Gasteiger partial charge in [-0.2, -0.15) is 0 Å². The molecule has 0 bridgehead atoms. The Balaban J connectivity index is 1.56. The minimum Gasteiger partial charge on any atom is -0.0617 e. The molecular formula is C29H26. The molecule has 29 heavy (non-hydrogen) atoms. The standard InChI is InChI=1S/C29H26/c1-18-8-11-26(21(4)14-18)22-9-12-27-24(15-22)17-25-16-23(10-13-28(25)27)29-19(2)6-5-7-20(29)3/h5-16H,17H2,1-4H3. The highest BCUT2D eigenvalue weighted by molar-refractivity contribution is 5.84. The van der Waals surface area contributed by atoms with Crippen LogP contribution in [0.25, 0.3) is 33.4 Å². The molecule has 0 nitrogen and oxygen atoms in total. The van der Waals surface area contributed by atoms with E-state index in [9.17, 15) is 0 Å². The fourth-order valence-corrected chi connectivity index (χ4v) is 4.94. The lowest BCUT2D eigenvalue weighted by atomic mass is 9.93. The SMILES string of the molecule is Cc1ccc(-c2ccc3c(c2)Cc2cc(-c4c(C)cccc4C)ccc2-3)c(C)c1. The van der Waals surface area contributed by atoms with Crippen molar-refractivity contribution in [3.05, 3.63) is 106 Å². The van der Waals surface area contributed by atoms with E-state index in [2.05, 4.69) is 100 Å². The molecule has 0 saturated carbocycles. The van der Waals surface area contributed by atoms with Crippen molar-refractivity contribution in [1.82, 2.24) is 0 Å². The molecule has 4 aromatic rings. The summed E-state index contributed by atoms with van der Waals surface area (Å²) in [5.41, 5.74) is 16.4. The van der Waals surface area contributed by atoms with E-state index in [-0.39, 0.29) is 0 Å². The van der Waals surface area contributed by atoms with Crippen LogP contribution in [0.5, 0.6) is 0 Å². The molecule has 0 atom stereocenters. The van der Waals surface area contributed by atoms with Gasteiger partial charge in [0.1, 0.15) is 0 Å². The molecule has 5 rings (SSSR count). The number of benzene rings is 4. The Morgan fingerprint density at radius 1 is 0.517 bits per heavy atom. The van der Waals surface area contributed by atoms with Crippen LogP contribution in [0.15, 0.2) is 72.8 Å². The van der Waals surface area contributed by atoms with Crippen LogP contribution in [-0.2, 0) is 6.42 Å². The molecule has 0 heteroatoms. The van der Waals surface area contributed by atoms with Crippen molar-refractivity contribution in [2.75, 3.05) is 0 Å². The second-order valence-corrected chi connectivity index (χ2v) is 8.51. The molecule has 142 valence electrons. The number of fused-ring (bicyclic) bond motifs is 3. The summed E-state index contributed by atoms with van der Waals surface area (Å²) in [5.74, 6) is 0. The van der Waals surface area contributed by atoms with Crippen molar-refractivity contribution in [2.24, 2.45) is 0 Å². The van der Waals surface area contributed by atoms with E-state index < -0.39 is 0 Å². The second-order valence-electron chi connectivity index (χ2n) is 8.51. The van der Waals surface area contributed by atoms with Crippen LogP contribution < -0.4 is 0 Å². The van der Waals surface area contributed by atoms with Gasteiger partial charge in [0.2, 0.25) is 0 Å². The third kappa shape index (κ3) is 3.00. The van der Waals surface area contributed by atoms with Crippen molar-refractivity contribution >= 4 is 0 Å². The molecule has 0 heterocycles. The number of rotatable bonds is 2. The van der Waals surface area contributed by atoms with Gasteiger partial charge in [-0.15, -0.1) is 0 Å². The highest BCUT2D eigenvalue weighted by Gasteiger charge is 2.20. The molecule has 1 aliphatic rings. The molecule has 0 fully saturated rings. The van der Waals surface area contributed by atoms with Gasteiger partial charge in [-0.25, -0.2) is 0 Å². The maximum Gasteiger partial charge on any atom is -0.00130 e. The van der Waals surface area contributed by atoms with E-state index >= 15 is 0 Å². The summed E-state index contributed by atoms with van der Waals surface area (Å²) in [6.07, 6.45) is 1.02. The molecule has 0 aliphatic heterocycles. The maximum absolute atomic E-state index is 2.40. The molecule has 0 unspecified atom stereocenters. The summed E-state index contributed by atoms with van der Waals surface area (Å²) in [4.78, 5) is 0. The third-order valence-corrected chi connectivity index (χ3v) is 6.34. The van der Waals surface area contributed by atoms with Crippen molar-refractivity contribution < 1.29 is 0 Å². The zero-order chi connectivity index (χ0) is 20.1. The van der Waals surface area contributed by atoms with Gasteiger partial charge >= 0.3 is 0 Å². The first-order chi connectivity index (χ1) is 14.0. The monoisotopic (exact) mass is 374 g/mol. The van der Waals surface area contributed by atoms with Gasteiger partial charge in [-0.3, -0.25) is 0 Å². The first-order valence-electron chi connectivity index (χ1n) is 10.4. The minimum absolute atomic E-state index is 1.02. The van der Waals surface area contributed by atoms with E-state index in [0.717, 1.165) is 6.42 Å². The molecule has 0 amide bonds. The molecule has 0 spiro atoms. The minimum atomic E-state index is 1.02. The Bertz CT molecular complexity index is 1240. The zero-order valence-electron chi connectivity index (χ0n) is 17.6. The van der Waals surface area contributed by atoms with E-state index in [0.29, 0.717) is 0 Å². The topological polar surface area (TPSA) is 0 Å². The number of hydrogen-bond donors (Lipinski definition) is 0. The fraction of sp³-hybridized carbons (Fsp3) is 0.172. The lowest BCUT2D eigenvalue weighted by molar-refractivity contribution is 1.26. The van der Waals surface area contributed by atoms with E-state index in [4.69, 9.17) is 0 Å². The molecule has 4 aromatic carbocycles. The molecule has 0 aromatic heterocycles. The second kappa shape index (κ2) is 6.74. The highest BCUT2D eigenvalue weighted by atomic mass is 14.2. The molecule has 0 radical (unpaired) electrons. The van der Waals surface area contributed by atoms with Crippen LogP contribution in [0, 0.1) is 27.7 Å². The summed E-state index contributed by atoms with van der Waals surface area (Å²) < 4.78 is 0. The fourth-order valence-electron chi connectivity index (χ4n) is 4.94. The molecule has 0 N–H and O–H groups in total. The summed E-state index contributed by atoms with van der Waals surface area (Å²) in [7, 11) is 0. The van der Waals surface area contributed by atoms with Gasteiger partial charge < -0.3 is 0 Å². The van der Waals surface area contributed by atoms with Crippen LogP contribution in [-0.4, -0.2) is 0 Å². The Labute approximate surface area is 173 Å². The van der Waals surface area contributed by atoms with Crippen LogP contribution >= 0.6 is 0 Å². The average molecular weight is 375 g/mol. The third-order valence-electron chi connectivity index (χ3n) is 6.34. The lowest BCUT2D eigenvalue weighted by Crippen LogP contribution is -1.89. The summed E-state index contributed by atoms with van der Waals surface area (Å²) in [6, 6.07) is 27.3. The van der Waals surface area contributed by atoms with Crippen LogP contribution in [0.1, 0.15) is 33.4 Å². The Morgan fingerprint density at radius 2 is 1.10 bits per heavy atom. The summed E-state index contributed by atoms with van der Waals surface area (Å²) >= 11 is 0. The predicted octanol–water partition coefficient (Wildman–Crippen LogP) is 7.83. The molecule has 0 saturated heterocycles. The zero-order valence-corrected chi connectivity index (χ0v) is 17.6. The van der Waals surface area contributed by atoms with E-state index in [1.165, 1.54) is 66.8 Å². The van der Waals surface area contributed by atoms with Crippen molar-refractivity contribution in [2.45, 2.75) is 34.1 Å². The maximum atomic E-state index is 2.40. The lowest BCUT2D eigenvalue weighted by Gasteiger charge is -2.12. The van der Waals surface area contributed by atoms with Crippen molar-refractivity contribution in [3.63, 3.8) is 0 Å². The van der Waals surface area contributed by atoms with Crippen LogP contribution in [0.2, 0.25) is 0 Å². The quantitative estimate of drug-likeness (QED) is 0.295. The number of aryl methyl sites for hydroxylation is 4. The van der Waals surface area contributed by atoms with Gasteiger partial charge in [-0.05, 0) is 95.3 Å². The van der Waals surface area contributed by atoms with Gasteiger partial charge in [0.15, 0.2) is 0 Å². The van der Waals surface area contributed by atoms with Crippen LogP contribution in [0.4, 0.5) is 0 Å². The van der Waals surface area contributed by atoms with Gasteiger partial charge in [-0.1, -0.05) is 78.4 Å². The molecule has 1 aliphatic carbocycles. The van der Waals surface area contributed by atoms with Gasteiger partial charge in [0, 0.05) is 0 Å². The Morgan fingerprint density at radius 3 is 1.76 bits per heavy atom. The van der Waals surface area contributed by atoms with Gasteiger partial charge in [0.05, 0.1) is 0 Å². The smallest absolute Gasteiger partial charge is 0.00130 e. The predicted molar refractivity (Wildman–Crippen MR) is 125 cm³/mol.